The Morgan fingerprint density at radius 3 is 2.19 bits per heavy atom. The highest BCUT2D eigenvalue weighted by Gasteiger charge is 2.14. The van der Waals surface area contributed by atoms with Gasteiger partial charge in [-0.3, -0.25) is 9.59 Å². The molecule has 0 spiro atoms. The number of amides is 1. The predicted octanol–water partition coefficient (Wildman–Crippen LogP) is 4.98. The molecule has 0 saturated carbocycles. The Bertz CT molecular complexity index is 1100. The molecule has 5 nitrogen and oxygen atoms in total. The van der Waals surface area contributed by atoms with Crippen LogP contribution in [0.3, 0.4) is 0 Å². The molecule has 3 aromatic carbocycles. The topological polar surface area (TPSA) is 58.6 Å². The minimum Gasteiger partial charge on any atom is -0.484 e. The quantitative estimate of drug-likeness (QED) is 0.535. The molecule has 3 aromatic rings. The number of ketones is 1. The Morgan fingerprint density at radius 2 is 1.56 bits per heavy atom. The van der Waals surface area contributed by atoms with Gasteiger partial charge in [0.25, 0.3) is 5.91 Å². The summed E-state index contributed by atoms with van der Waals surface area (Å²) in [6.45, 7) is 3.99. The van der Waals surface area contributed by atoms with Gasteiger partial charge < -0.3 is 15.0 Å². The van der Waals surface area contributed by atoms with Crippen molar-refractivity contribution in [1.82, 2.24) is 0 Å². The summed E-state index contributed by atoms with van der Waals surface area (Å²) in [6, 6.07) is 18.0. The minimum absolute atomic E-state index is 0.140. The third kappa shape index (κ3) is 5.14. The summed E-state index contributed by atoms with van der Waals surface area (Å²) in [6.07, 6.45) is 2.44. The highest BCUT2D eigenvalue weighted by atomic mass is 19.1. The molecule has 1 aliphatic rings. The first kappa shape index (κ1) is 21.6. The first-order chi connectivity index (χ1) is 15.5. The lowest BCUT2D eigenvalue weighted by Crippen LogP contribution is -2.21. The van der Waals surface area contributed by atoms with Gasteiger partial charge >= 0.3 is 0 Å². The molecule has 1 aliphatic heterocycles. The van der Waals surface area contributed by atoms with Crippen LogP contribution in [0.2, 0.25) is 0 Å². The maximum Gasteiger partial charge on any atom is 0.262 e. The smallest absolute Gasteiger partial charge is 0.262 e. The predicted molar refractivity (Wildman–Crippen MR) is 123 cm³/mol. The van der Waals surface area contributed by atoms with E-state index in [0.29, 0.717) is 16.9 Å². The molecule has 0 bridgehead atoms. The number of ether oxygens (including phenoxy) is 1. The number of hydrogen-bond acceptors (Lipinski definition) is 4. The SMILES string of the molecule is Cc1cc(N2CCCC2)ccc1NC(=O)COc1ccc(C(=O)c2ccc(F)cc2)cc1. The lowest BCUT2D eigenvalue weighted by Gasteiger charge is -2.19. The largest absolute Gasteiger partial charge is 0.484 e. The number of rotatable bonds is 7. The van der Waals surface area contributed by atoms with Crippen molar-refractivity contribution in [2.45, 2.75) is 19.8 Å². The van der Waals surface area contributed by atoms with Crippen LogP contribution in [0, 0.1) is 12.7 Å². The molecule has 0 aromatic heterocycles. The first-order valence-electron chi connectivity index (χ1n) is 10.7. The average Bonchev–Trinajstić information content (AvgIpc) is 3.34. The van der Waals surface area contributed by atoms with E-state index in [2.05, 4.69) is 16.3 Å². The number of aryl methyl sites for hydroxylation is 1. The number of nitrogens with one attached hydrogen (secondary N) is 1. The van der Waals surface area contributed by atoms with Gasteiger partial charge in [-0.1, -0.05) is 0 Å². The summed E-state index contributed by atoms with van der Waals surface area (Å²) in [4.78, 5) is 27.1. The van der Waals surface area contributed by atoms with E-state index in [-0.39, 0.29) is 24.1 Å². The number of benzene rings is 3. The van der Waals surface area contributed by atoms with Crippen LogP contribution in [-0.4, -0.2) is 31.4 Å². The zero-order valence-corrected chi connectivity index (χ0v) is 17.9. The second-order valence-electron chi connectivity index (χ2n) is 7.89. The number of nitrogens with zero attached hydrogens (tertiary/aromatic N) is 1. The molecule has 1 saturated heterocycles. The number of anilines is 2. The molecule has 6 heteroatoms. The Kier molecular flexibility index (Phi) is 6.50. The highest BCUT2D eigenvalue weighted by molar-refractivity contribution is 6.09. The number of hydrogen-bond donors (Lipinski definition) is 1. The van der Waals surface area contributed by atoms with E-state index in [0.717, 1.165) is 24.3 Å². The lowest BCUT2D eigenvalue weighted by atomic mass is 10.0. The zero-order valence-electron chi connectivity index (χ0n) is 17.9. The van der Waals surface area contributed by atoms with Crippen LogP contribution in [0.25, 0.3) is 0 Å². The number of carbonyl (C=O) groups is 2. The van der Waals surface area contributed by atoms with Crippen molar-refractivity contribution in [1.29, 1.82) is 0 Å². The van der Waals surface area contributed by atoms with Gasteiger partial charge in [-0.15, -0.1) is 0 Å². The molecule has 0 atom stereocenters. The third-order valence-corrected chi connectivity index (χ3v) is 5.55. The van der Waals surface area contributed by atoms with Gasteiger partial charge in [0.15, 0.2) is 12.4 Å². The van der Waals surface area contributed by atoms with Crippen LogP contribution < -0.4 is 15.0 Å². The first-order valence-corrected chi connectivity index (χ1v) is 10.7. The van der Waals surface area contributed by atoms with Gasteiger partial charge in [0.1, 0.15) is 11.6 Å². The molecule has 32 heavy (non-hydrogen) atoms. The van der Waals surface area contributed by atoms with Crippen LogP contribution in [0.4, 0.5) is 15.8 Å². The van der Waals surface area contributed by atoms with E-state index in [1.54, 1.807) is 24.3 Å². The molecule has 0 radical (unpaired) electrons. The summed E-state index contributed by atoms with van der Waals surface area (Å²) in [7, 11) is 0. The molecule has 1 amide bonds. The maximum absolute atomic E-state index is 13.0. The van der Waals surface area contributed by atoms with Gasteiger partial charge in [0.2, 0.25) is 0 Å². The molecule has 164 valence electrons. The van der Waals surface area contributed by atoms with Gasteiger partial charge in [-0.25, -0.2) is 4.39 Å². The van der Waals surface area contributed by atoms with Crippen LogP contribution in [0.1, 0.15) is 34.3 Å². The van der Waals surface area contributed by atoms with Gasteiger partial charge in [0.05, 0.1) is 0 Å². The lowest BCUT2D eigenvalue weighted by molar-refractivity contribution is -0.118. The van der Waals surface area contributed by atoms with Crippen molar-refractivity contribution >= 4 is 23.1 Å². The fraction of sp³-hybridized carbons (Fsp3) is 0.231. The summed E-state index contributed by atoms with van der Waals surface area (Å²) >= 11 is 0. The van der Waals surface area contributed by atoms with E-state index in [1.165, 1.54) is 42.8 Å². The fourth-order valence-electron chi connectivity index (χ4n) is 3.77. The van der Waals surface area contributed by atoms with E-state index in [9.17, 15) is 14.0 Å². The van der Waals surface area contributed by atoms with Crippen molar-refractivity contribution in [3.63, 3.8) is 0 Å². The molecular weight excluding hydrogens is 407 g/mol. The average molecular weight is 432 g/mol. The minimum atomic E-state index is -0.388. The Labute approximate surface area is 186 Å². The molecular formula is C26H25FN2O3. The molecule has 1 N–H and O–H groups in total. The Hall–Kier alpha value is -3.67. The molecule has 0 aliphatic carbocycles. The van der Waals surface area contributed by atoms with Crippen LogP contribution >= 0.6 is 0 Å². The van der Waals surface area contributed by atoms with E-state index >= 15 is 0 Å². The van der Waals surface area contributed by atoms with Crippen molar-refractivity contribution in [3.05, 3.63) is 89.2 Å². The van der Waals surface area contributed by atoms with Crippen LogP contribution in [0.15, 0.2) is 66.7 Å². The number of carbonyl (C=O) groups excluding carboxylic acids is 2. The van der Waals surface area contributed by atoms with Crippen molar-refractivity contribution in [3.8, 4) is 5.75 Å². The molecule has 0 unspecified atom stereocenters. The van der Waals surface area contributed by atoms with E-state index < -0.39 is 0 Å². The second-order valence-corrected chi connectivity index (χ2v) is 7.89. The highest BCUT2D eigenvalue weighted by Crippen LogP contribution is 2.25. The summed E-state index contributed by atoms with van der Waals surface area (Å²) in [5.74, 6) is -0.367. The fourth-order valence-corrected chi connectivity index (χ4v) is 3.77. The second kappa shape index (κ2) is 9.64. The van der Waals surface area contributed by atoms with E-state index in [1.807, 2.05) is 19.1 Å². The van der Waals surface area contributed by atoms with Gasteiger partial charge in [-0.2, -0.15) is 0 Å². The molecule has 4 rings (SSSR count). The third-order valence-electron chi connectivity index (χ3n) is 5.55. The standard InChI is InChI=1S/C26H25FN2O3/c1-18-16-22(29-14-2-3-15-29)10-13-24(18)28-25(30)17-32-23-11-6-20(7-12-23)26(31)19-4-8-21(27)9-5-19/h4-13,16H,2-3,14-15,17H2,1H3,(H,28,30). The zero-order chi connectivity index (χ0) is 22.5. The van der Waals surface area contributed by atoms with E-state index in [4.69, 9.17) is 4.74 Å². The Balaban J connectivity index is 1.31. The summed E-state index contributed by atoms with van der Waals surface area (Å²) in [5, 5.41) is 2.89. The molecule has 1 fully saturated rings. The Morgan fingerprint density at radius 1 is 0.938 bits per heavy atom. The monoisotopic (exact) mass is 432 g/mol. The van der Waals surface area contributed by atoms with Crippen molar-refractivity contribution in [2.75, 3.05) is 29.9 Å². The summed E-state index contributed by atoms with van der Waals surface area (Å²) < 4.78 is 18.6. The normalized spacial score (nSPS) is 13.1. The maximum atomic E-state index is 13.0. The molecule has 1 heterocycles. The van der Waals surface area contributed by atoms with Crippen molar-refractivity contribution in [2.24, 2.45) is 0 Å². The number of halogens is 1. The van der Waals surface area contributed by atoms with Gasteiger partial charge in [0, 0.05) is 35.6 Å². The van der Waals surface area contributed by atoms with Gasteiger partial charge in [-0.05, 0) is 92.1 Å². The summed E-state index contributed by atoms with van der Waals surface area (Å²) in [5.41, 5.74) is 3.82. The van der Waals surface area contributed by atoms with Crippen LogP contribution in [-0.2, 0) is 4.79 Å². The van der Waals surface area contributed by atoms with Crippen LogP contribution in [0.5, 0.6) is 5.75 Å². The van der Waals surface area contributed by atoms with Crippen molar-refractivity contribution < 1.29 is 18.7 Å².